The third-order valence-electron chi connectivity index (χ3n) is 2.58. The van der Waals surface area contributed by atoms with Crippen LogP contribution in [0.15, 0.2) is 35.1 Å². The van der Waals surface area contributed by atoms with Crippen LogP contribution in [0.3, 0.4) is 0 Å². The molecule has 1 heterocycles. The molecule has 0 aliphatic carbocycles. The summed E-state index contributed by atoms with van der Waals surface area (Å²) in [6, 6.07) is 7.91. The minimum absolute atomic E-state index is 0.265. The summed E-state index contributed by atoms with van der Waals surface area (Å²) < 4.78 is 1.01. The molecule has 1 aromatic heterocycles. The van der Waals surface area contributed by atoms with Crippen LogP contribution in [0.4, 0.5) is 17.3 Å². The lowest BCUT2D eigenvalue weighted by Gasteiger charge is -2.14. The van der Waals surface area contributed by atoms with E-state index in [9.17, 15) is 0 Å². The van der Waals surface area contributed by atoms with Gasteiger partial charge in [0.1, 0.15) is 18.0 Å². The van der Waals surface area contributed by atoms with Crippen molar-refractivity contribution in [2.75, 3.05) is 11.1 Å². The molecule has 0 saturated heterocycles. The second-order valence-electron chi connectivity index (χ2n) is 4.31. The van der Waals surface area contributed by atoms with Gasteiger partial charge < -0.3 is 11.1 Å². The van der Waals surface area contributed by atoms with E-state index in [1.54, 1.807) is 0 Å². The van der Waals surface area contributed by atoms with E-state index in [0.29, 0.717) is 5.82 Å². The van der Waals surface area contributed by atoms with Crippen molar-refractivity contribution < 1.29 is 0 Å². The van der Waals surface area contributed by atoms with Crippen LogP contribution in [0.2, 0.25) is 0 Å². The predicted molar refractivity (Wildman–Crippen MR) is 78.0 cm³/mol. The van der Waals surface area contributed by atoms with Gasteiger partial charge in [0.15, 0.2) is 0 Å². The fraction of sp³-hybridized carbons (Fsp3) is 0.231. The molecule has 0 unspecified atom stereocenters. The number of hydrogen-bond donors (Lipinski definition) is 2. The zero-order valence-corrected chi connectivity index (χ0v) is 11.9. The Bertz CT molecular complexity index is 554. The van der Waals surface area contributed by atoms with E-state index in [0.717, 1.165) is 21.5 Å². The number of nitrogens with two attached hydrogens (primary N) is 1. The van der Waals surface area contributed by atoms with E-state index in [-0.39, 0.29) is 5.92 Å². The van der Waals surface area contributed by atoms with Gasteiger partial charge in [-0.1, -0.05) is 35.8 Å². The average Bonchev–Trinajstić information content (AvgIpc) is 2.28. The molecule has 0 aliphatic heterocycles. The number of anilines is 3. The number of nitrogens with one attached hydrogen (secondary N) is 1. The third kappa shape index (κ3) is 2.79. The quantitative estimate of drug-likeness (QED) is 0.908. The highest BCUT2D eigenvalue weighted by Gasteiger charge is 2.12. The van der Waals surface area contributed by atoms with Crippen molar-refractivity contribution in [2.24, 2.45) is 0 Å². The molecule has 1 aromatic carbocycles. The molecule has 18 heavy (non-hydrogen) atoms. The smallest absolute Gasteiger partial charge is 0.139 e. The van der Waals surface area contributed by atoms with Gasteiger partial charge in [0.05, 0.1) is 0 Å². The van der Waals surface area contributed by atoms with Crippen LogP contribution in [0, 0.1) is 0 Å². The SMILES string of the molecule is CC(C)c1c(N)ncnc1Nc1cccc(Br)c1. The van der Waals surface area contributed by atoms with Crippen molar-refractivity contribution in [3.05, 3.63) is 40.6 Å². The Morgan fingerprint density at radius 2 is 2.06 bits per heavy atom. The van der Waals surface area contributed by atoms with Crippen LogP contribution in [0.25, 0.3) is 0 Å². The normalized spacial score (nSPS) is 10.7. The molecular formula is C13H15BrN4. The molecule has 0 fully saturated rings. The van der Waals surface area contributed by atoms with E-state index < -0.39 is 0 Å². The van der Waals surface area contributed by atoms with Gasteiger partial charge in [-0.2, -0.15) is 0 Å². The van der Waals surface area contributed by atoms with Crippen LogP contribution >= 0.6 is 15.9 Å². The summed E-state index contributed by atoms with van der Waals surface area (Å²) in [5, 5.41) is 3.27. The first-order valence-electron chi connectivity index (χ1n) is 5.71. The number of benzene rings is 1. The van der Waals surface area contributed by atoms with Crippen LogP contribution in [0.1, 0.15) is 25.3 Å². The second kappa shape index (κ2) is 5.35. The Hall–Kier alpha value is -1.62. The van der Waals surface area contributed by atoms with Crippen molar-refractivity contribution >= 4 is 33.3 Å². The summed E-state index contributed by atoms with van der Waals surface area (Å²) in [4.78, 5) is 8.31. The standard InChI is InChI=1S/C13H15BrN4/c1-8(2)11-12(15)16-7-17-13(11)18-10-5-3-4-9(14)6-10/h3-8H,1-2H3,(H3,15,16,17,18). The highest BCUT2D eigenvalue weighted by molar-refractivity contribution is 9.10. The topological polar surface area (TPSA) is 63.8 Å². The first-order valence-corrected chi connectivity index (χ1v) is 6.50. The fourth-order valence-corrected chi connectivity index (χ4v) is 2.18. The Balaban J connectivity index is 2.37. The average molecular weight is 307 g/mol. The monoisotopic (exact) mass is 306 g/mol. The molecule has 0 spiro atoms. The zero-order chi connectivity index (χ0) is 13.1. The Kier molecular flexibility index (Phi) is 3.81. The van der Waals surface area contributed by atoms with Gasteiger partial charge >= 0.3 is 0 Å². The number of rotatable bonds is 3. The van der Waals surface area contributed by atoms with Gasteiger partial charge in [-0.15, -0.1) is 0 Å². The number of halogens is 1. The molecule has 0 bridgehead atoms. The maximum absolute atomic E-state index is 5.91. The molecule has 2 aromatic rings. The summed E-state index contributed by atoms with van der Waals surface area (Å²) in [5.74, 6) is 1.55. The summed E-state index contributed by atoms with van der Waals surface area (Å²) in [7, 11) is 0. The van der Waals surface area contributed by atoms with Gasteiger partial charge in [0, 0.05) is 15.7 Å². The number of hydrogen-bond acceptors (Lipinski definition) is 4. The molecule has 94 valence electrons. The van der Waals surface area contributed by atoms with Crippen molar-refractivity contribution in [3.63, 3.8) is 0 Å². The molecule has 2 rings (SSSR count). The van der Waals surface area contributed by atoms with Crippen LogP contribution in [0.5, 0.6) is 0 Å². The van der Waals surface area contributed by atoms with Gasteiger partial charge in [-0.25, -0.2) is 9.97 Å². The lowest BCUT2D eigenvalue weighted by molar-refractivity contribution is 0.855. The largest absolute Gasteiger partial charge is 0.383 e. The summed E-state index contributed by atoms with van der Waals surface area (Å²) >= 11 is 3.44. The highest BCUT2D eigenvalue weighted by Crippen LogP contribution is 2.29. The Morgan fingerprint density at radius 3 is 2.72 bits per heavy atom. The molecule has 5 heteroatoms. The molecule has 0 aliphatic rings. The van der Waals surface area contributed by atoms with Crippen molar-refractivity contribution in [1.29, 1.82) is 0 Å². The first-order chi connectivity index (χ1) is 8.58. The third-order valence-corrected chi connectivity index (χ3v) is 3.07. The van der Waals surface area contributed by atoms with Gasteiger partial charge in [-0.3, -0.25) is 0 Å². The summed E-state index contributed by atoms with van der Waals surface area (Å²) in [6.45, 7) is 4.14. The number of nitrogens with zero attached hydrogens (tertiary/aromatic N) is 2. The molecular weight excluding hydrogens is 292 g/mol. The van der Waals surface area contributed by atoms with E-state index >= 15 is 0 Å². The fourth-order valence-electron chi connectivity index (χ4n) is 1.78. The minimum Gasteiger partial charge on any atom is -0.383 e. The molecule has 3 N–H and O–H groups in total. The minimum atomic E-state index is 0.265. The Morgan fingerprint density at radius 1 is 1.28 bits per heavy atom. The predicted octanol–water partition coefficient (Wildman–Crippen LogP) is 3.69. The number of aromatic nitrogens is 2. The highest BCUT2D eigenvalue weighted by atomic mass is 79.9. The van der Waals surface area contributed by atoms with Gasteiger partial charge in [0.25, 0.3) is 0 Å². The molecule has 0 amide bonds. The van der Waals surface area contributed by atoms with E-state index in [1.165, 1.54) is 6.33 Å². The van der Waals surface area contributed by atoms with E-state index in [2.05, 4.69) is 45.1 Å². The zero-order valence-electron chi connectivity index (χ0n) is 10.3. The molecule has 4 nitrogen and oxygen atoms in total. The van der Waals surface area contributed by atoms with Crippen LogP contribution < -0.4 is 11.1 Å². The van der Waals surface area contributed by atoms with Crippen molar-refractivity contribution in [3.8, 4) is 0 Å². The Labute approximate surface area is 115 Å². The number of nitrogen functional groups attached to an aromatic ring is 1. The first kappa shape index (κ1) is 12.8. The molecule has 0 saturated carbocycles. The lowest BCUT2D eigenvalue weighted by atomic mass is 10.0. The summed E-state index contributed by atoms with van der Waals surface area (Å²) in [6.07, 6.45) is 1.47. The molecule has 0 radical (unpaired) electrons. The van der Waals surface area contributed by atoms with Crippen molar-refractivity contribution in [2.45, 2.75) is 19.8 Å². The van der Waals surface area contributed by atoms with Crippen LogP contribution in [-0.2, 0) is 0 Å². The van der Waals surface area contributed by atoms with Gasteiger partial charge in [-0.05, 0) is 24.1 Å². The second-order valence-corrected chi connectivity index (χ2v) is 5.23. The molecule has 0 atom stereocenters. The maximum atomic E-state index is 5.91. The van der Waals surface area contributed by atoms with Crippen molar-refractivity contribution in [1.82, 2.24) is 9.97 Å². The van der Waals surface area contributed by atoms with E-state index in [4.69, 9.17) is 5.73 Å². The lowest BCUT2D eigenvalue weighted by Crippen LogP contribution is -2.06. The van der Waals surface area contributed by atoms with Gasteiger partial charge in [0.2, 0.25) is 0 Å². The van der Waals surface area contributed by atoms with E-state index in [1.807, 2.05) is 24.3 Å². The summed E-state index contributed by atoms with van der Waals surface area (Å²) in [5.41, 5.74) is 7.81. The van der Waals surface area contributed by atoms with Crippen LogP contribution in [-0.4, -0.2) is 9.97 Å². The maximum Gasteiger partial charge on any atom is 0.139 e.